The summed E-state index contributed by atoms with van der Waals surface area (Å²) >= 11 is 1.51. The zero-order chi connectivity index (χ0) is 14.5. The number of hydrogen-bond acceptors (Lipinski definition) is 5. The molecule has 0 spiro atoms. The lowest BCUT2D eigenvalue weighted by atomic mass is 10.2. The second kappa shape index (κ2) is 6.47. The van der Waals surface area contributed by atoms with Gasteiger partial charge in [0.15, 0.2) is 0 Å². The third-order valence-electron chi connectivity index (χ3n) is 2.52. The van der Waals surface area contributed by atoms with Crippen LogP contribution in [0.1, 0.15) is 33.6 Å². The molecule has 1 heterocycles. The molecule has 2 N–H and O–H groups in total. The molecule has 0 unspecified atom stereocenters. The lowest BCUT2D eigenvalue weighted by Crippen LogP contribution is -2.10. The van der Waals surface area contributed by atoms with Crippen molar-refractivity contribution >= 4 is 44.0 Å². The summed E-state index contributed by atoms with van der Waals surface area (Å²) in [6.07, 6.45) is 1.38. The Hall–Kier alpha value is -1.95. The fourth-order valence-corrected chi connectivity index (χ4v) is 2.51. The third-order valence-corrected chi connectivity index (χ3v) is 3.45. The van der Waals surface area contributed by atoms with E-state index in [1.807, 2.05) is 39.0 Å². The van der Waals surface area contributed by atoms with Crippen LogP contribution < -0.4 is 10.7 Å². The van der Waals surface area contributed by atoms with Crippen molar-refractivity contribution in [3.8, 4) is 0 Å². The first kappa shape index (κ1) is 14.5. The van der Waals surface area contributed by atoms with Gasteiger partial charge in [0.25, 0.3) is 0 Å². The molecule has 2 aromatic rings. The average Bonchev–Trinajstić information content (AvgIpc) is 2.78. The van der Waals surface area contributed by atoms with Crippen molar-refractivity contribution in [2.45, 2.75) is 33.6 Å². The smallest absolute Gasteiger partial charge is 0.224 e. The van der Waals surface area contributed by atoms with Crippen LogP contribution in [0.3, 0.4) is 0 Å². The Bertz CT molecular complexity index is 644. The maximum atomic E-state index is 11.6. The van der Waals surface area contributed by atoms with Crippen molar-refractivity contribution in [3.05, 3.63) is 18.2 Å². The van der Waals surface area contributed by atoms with Crippen LogP contribution in [0, 0.1) is 0 Å². The normalized spacial score (nSPS) is 10.3. The van der Waals surface area contributed by atoms with Crippen LogP contribution in [0.25, 0.3) is 10.2 Å². The molecule has 0 aliphatic carbocycles. The molecule has 0 aliphatic rings. The molecule has 1 amide bonds. The lowest BCUT2D eigenvalue weighted by molar-refractivity contribution is -0.116. The summed E-state index contributed by atoms with van der Waals surface area (Å²) in [4.78, 5) is 16.0. The van der Waals surface area contributed by atoms with Crippen LogP contribution in [-0.4, -0.2) is 16.6 Å². The average molecular weight is 290 g/mol. The van der Waals surface area contributed by atoms with E-state index in [4.69, 9.17) is 0 Å². The SMILES string of the molecule is CCCC(=O)Nc1ccc2nc(NN=C(C)C)sc2c1. The lowest BCUT2D eigenvalue weighted by Gasteiger charge is -2.03. The zero-order valence-electron chi connectivity index (χ0n) is 11.9. The maximum Gasteiger partial charge on any atom is 0.224 e. The van der Waals surface area contributed by atoms with Crippen LogP contribution >= 0.6 is 11.3 Å². The van der Waals surface area contributed by atoms with Crippen molar-refractivity contribution in [2.75, 3.05) is 10.7 Å². The van der Waals surface area contributed by atoms with Crippen LogP contribution in [0.4, 0.5) is 10.8 Å². The molecule has 0 aliphatic heterocycles. The van der Waals surface area contributed by atoms with Crippen LogP contribution in [0.5, 0.6) is 0 Å². The van der Waals surface area contributed by atoms with E-state index in [-0.39, 0.29) is 5.91 Å². The topological polar surface area (TPSA) is 66.4 Å². The van der Waals surface area contributed by atoms with Gasteiger partial charge in [0.2, 0.25) is 11.0 Å². The maximum absolute atomic E-state index is 11.6. The number of hydrazone groups is 1. The van der Waals surface area contributed by atoms with Crippen molar-refractivity contribution in [3.63, 3.8) is 0 Å². The predicted octanol–water partition coefficient (Wildman–Crippen LogP) is 3.84. The largest absolute Gasteiger partial charge is 0.326 e. The molecule has 0 atom stereocenters. The third kappa shape index (κ3) is 3.77. The number of nitrogens with one attached hydrogen (secondary N) is 2. The van der Waals surface area contributed by atoms with Gasteiger partial charge in [0, 0.05) is 17.8 Å². The molecule has 0 saturated heterocycles. The minimum Gasteiger partial charge on any atom is -0.326 e. The van der Waals surface area contributed by atoms with Gasteiger partial charge in [-0.15, -0.1) is 0 Å². The van der Waals surface area contributed by atoms with E-state index < -0.39 is 0 Å². The van der Waals surface area contributed by atoms with Gasteiger partial charge >= 0.3 is 0 Å². The van der Waals surface area contributed by atoms with Crippen LogP contribution in [0.2, 0.25) is 0 Å². The number of rotatable bonds is 5. The fourth-order valence-electron chi connectivity index (χ4n) is 1.66. The van der Waals surface area contributed by atoms with E-state index in [9.17, 15) is 4.79 Å². The number of nitrogens with zero attached hydrogens (tertiary/aromatic N) is 2. The fraction of sp³-hybridized carbons (Fsp3) is 0.357. The van der Waals surface area contributed by atoms with Crippen molar-refractivity contribution in [2.24, 2.45) is 5.10 Å². The number of fused-ring (bicyclic) bond motifs is 1. The Morgan fingerprint density at radius 3 is 2.90 bits per heavy atom. The Kier molecular flexibility index (Phi) is 4.68. The zero-order valence-corrected chi connectivity index (χ0v) is 12.7. The summed E-state index contributed by atoms with van der Waals surface area (Å²) in [6, 6.07) is 5.71. The Balaban J connectivity index is 2.17. The molecule has 1 aromatic heterocycles. The molecule has 20 heavy (non-hydrogen) atoms. The summed E-state index contributed by atoms with van der Waals surface area (Å²) in [7, 11) is 0. The molecule has 106 valence electrons. The first-order valence-corrected chi connectivity index (χ1v) is 7.37. The van der Waals surface area contributed by atoms with Gasteiger partial charge in [-0.2, -0.15) is 5.10 Å². The number of carbonyl (C=O) groups is 1. The highest BCUT2D eigenvalue weighted by atomic mass is 32.1. The molecular formula is C14H18N4OS. The van der Waals surface area contributed by atoms with Gasteiger partial charge in [0.05, 0.1) is 10.2 Å². The van der Waals surface area contributed by atoms with Gasteiger partial charge in [-0.25, -0.2) is 4.98 Å². The van der Waals surface area contributed by atoms with E-state index in [1.54, 1.807) is 0 Å². The van der Waals surface area contributed by atoms with E-state index >= 15 is 0 Å². The highest BCUT2D eigenvalue weighted by Gasteiger charge is 2.06. The standard InChI is InChI=1S/C14H18N4OS/c1-4-5-13(19)15-10-6-7-11-12(8-10)20-14(16-11)18-17-9(2)3/h6-8H,4-5H2,1-3H3,(H,15,19)(H,16,18). The quantitative estimate of drug-likeness (QED) is 0.649. The van der Waals surface area contributed by atoms with E-state index in [2.05, 4.69) is 20.8 Å². The molecule has 1 aromatic carbocycles. The molecular weight excluding hydrogens is 272 g/mol. The van der Waals surface area contributed by atoms with Crippen molar-refractivity contribution < 1.29 is 4.79 Å². The molecule has 5 nitrogen and oxygen atoms in total. The monoisotopic (exact) mass is 290 g/mol. The molecule has 0 fully saturated rings. The molecule has 0 bridgehead atoms. The number of aromatic nitrogens is 1. The minimum atomic E-state index is 0.0425. The van der Waals surface area contributed by atoms with Crippen LogP contribution in [0.15, 0.2) is 23.3 Å². The number of anilines is 2. The van der Waals surface area contributed by atoms with Gasteiger partial charge in [0.1, 0.15) is 0 Å². The second-order valence-electron chi connectivity index (χ2n) is 4.67. The number of thiazole rings is 1. The molecule has 0 radical (unpaired) electrons. The first-order valence-electron chi connectivity index (χ1n) is 6.56. The van der Waals surface area contributed by atoms with Gasteiger partial charge in [-0.3, -0.25) is 10.2 Å². The highest BCUT2D eigenvalue weighted by Crippen LogP contribution is 2.28. The van der Waals surface area contributed by atoms with Crippen molar-refractivity contribution in [1.29, 1.82) is 0 Å². The van der Waals surface area contributed by atoms with E-state index in [1.165, 1.54) is 11.3 Å². The number of hydrogen-bond donors (Lipinski definition) is 2. The van der Waals surface area contributed by atoms with Gasteiger partial charge < -0.3 is 5.32 Å². The molecule has 0 saturated carbocycles. The van der Waals surface area contributed by atoms with E-state index in [0.717, 1.165) is 33.2 Å². The summed E-state index contributed by atoms with van der Waals surface area (Å²) in [5.41, 5.74) is 5.57. The Morgan fingerprint density at radius 1 is 1.40 bits per heavy atom. The summed E-state index contributed by atoms with van der Waals surface area (Å²) in [6.45, 7) is 5.82. The van der Waals surface area contributed by atoms with E-state index in [0.29, 0.717) is 6.42 Å². The second-order valence-corrected chi connectivity index (χ2v) is 5.70. The van der Waals surface area contributed by atoms with Gasteiger partial charge in [-0.05, 0) is 38.5 Å². The minimum absolute atomic E-state index is 0.0425. The van der Waals surface area contributed by atoms with Crippen molar-refractivity contribution in [1.82, 2.24) is 4.98 Å². The summed E-state index contributed by atoms with van der Waals surface area (Å²) in [5, 5.41) is 7.76. The molecule has 6 heteroatoms. The first-order chi connectivity index (χ1) is 9.58. The predicted molar refractivity (Wildman–Crippen MR) is 85.6 cm³/mol. The Morgan fingerprint density at radius 2 is 2.20 bits per heavy atom. The summed E-state index contributed by atoms with van der Waals surface area (Å²) in [5.74, 6) is 0.0425. The van der Waals surface area contributed by atoms with Gasteiger partial charge in [-0.1, -0.05) is 18.3 Å². The van der Waals surface area contributed by atoms with Crippen LogP contribution in [-0.2, 0) is 4.79 Å². The summed E-state index contributed by atoms with van der Waals surface area (Å²) < 4.78 is 1.02. The number of amides is 1. The number of benzene rings is 1. The molecule has 2 rings (SSSR count). The Labute approximate surface area is 122 Å². The number of carbonyl (C=O) groups excluding carboxylic acids is 1. The highest BCUT2D eigenvalue weighted by molar-refractivity contribution is 7.22.